The van der Waals surface area contributed by atoms with Gasteiger partial charge in [0.2, 0.25) is 0 Å². The van der Waals surface area contributed by atoms with Crippen molar-refractivity contribution in [2.75, 3.05) is 6.61 Å². The maximum absolute atomic E-state index is 12.1. The second kappa shape index (κ2) is 8.39. The topological polar surface area (TPSA) is 78.9 Å². The number of ether oxygens (including phenoxy) is 3. The summed E-state index contributed by atoms with van der Waals surface area (Å²) >= 11 is 3.78. The summed E-state index contributed by atoms with van der Waals surface area (Å²) < 4.78 is 17.1. The molecule has 33 heavy (non-hydrogen) atoms. The van der Waals surface area contributed by atoms with Gasteiger partial charge in [-0.05, 0) is 54.3 Å². The lowest BCUT2D eigenvalue weighted by atomic mass is 9.48. The average Bonchev–Trinajstić information content (AvgIpc) is 3.40. The van der Waals surface area contributed by atoms with Crippen LogP contribution in [-0.4, -0.2) is 41.5 Å². The summed E-state index contributed by atoms with van der Waals surface area (Å²) in [6, 6.07) is 0. The minimum atomic E-state index is -0.285. The van der Waals surface area contributed by atoms with Gasteiger partial charge in [-0.3, -0.25) is 14.4 Å². The molecule has 0 aromatic heterocycles. The smallest absolute Gasteiger partial charge is 0.302 e. The van der Waals surface area contributed by atoms with Crippen LogP contribution in [0.3, 0.4) is 0 Å². The van der Waals surface area contributed by atoms with Crippen LogP contribution in [0, 0.1) is 34.0 Å². The SMILES string of the molecule is CC(=O)OCC(Br)C1(C)CC=C2C(C1)C(OC(C)=O)CC1C2(C)CC(OC(C)=O)C2CC21C. The van der Waals surface area contributed by atoms with Crippen LogP contribution in [-0.2, 0) is 28.6 Å². The molecule has 0 spiro atoms. The zero-order chi connectivity index (χ0) is 24.3. The molecule has 0 aromatic rings. The quantitative estimate of drug-likeness (QED) is 0.218. The third-order valence-corrected chi connectivity index (χ3v) is 10.6. The van der Waals surface area contributed by atoms with Crippen molar-refractivity contribution in [3.05, 3.63) is 11.6 Å². The summed E-state index contributed by atoms with van der Waals surface area (Å²) in [5, 5.41) is 0. The van der Waals surface area contributed by atoms with E-state index in [0.29, 0.717) is 18.4 Å². The standard InChI is InChI=1S/C26H37BrO6/c1-14(28)31-13-23(27)24(4)8-7-18-17(10-24)20(32-15(2)29)9-22-25(5)11-19(25)21(33-16(3)30)12-26(18,22)6/h7,17,19-23H,8-13H2,1-6H3. The molecule has 0 radical (unpaired) electrons. The summed E-state index contributed by atoms with van der Waals surface area (Å²) in [4.78, 5) is 35.3. The van der Waals surface area contributed by atoms with Crippen LogP contribution < -0.4 is 0 Å². The predicted octanol–water partition coefficient (Wildman–Crippen LogP) is 4.98. The van der Waals surface area contributed by atoms with E-state index in [1.165, 1.54) is 26.3 Å². The van der Waals surface area contributed by atoms with Crippen molar-refractivity contribution in [1.29, 1.82) is 0 Å². The Morgan fingerprint density at radius 2 is 1.64 bits per heavy atom. The van der Waals surface area contributed by atoms with Crippen LogP contribution in [0.15, 0.2) is 11.6 Å². The number of hydrogen-bond donors (Lipinski definition) is 0. The Morgan fingerprint density at radius 3 is 2.24 bits per heavy atom. The Labute approximate surface area is 205 Å². The normalized spacial score (nSPS) is 44.2. The molecule has 0 N–H and O–H groups in total. The highest BCUT2D eigenvalue weighted by molar-refractivity contribution is 9.09. The Balaban J connectivity index is 1.68. The first kappa shape index (κ1) is 24.7. The molecule has 4 rings (SSSR count). The van der Waals surface area contributed by atoms with Crippen molar-refractivity contribution in [3.8, 4) is 0 Å². The summed E-state index contributed by atoms with van der Waals surface area (Å²) in [6.45, 7) is 11.6. The Hall–Kier alpha value is -1.37. The molecular formula is C26H37BrO6. The van der Waals surface area contributed by atoms with Gasteiger partial charge < -0.3 is 14.2 Å². The van der Waals surface area contributed by atoms with E-state index < -0.39 is 0 Å². The van der Waals surface area contributed by atoms with Gasteiger partial charge in [0.25, 0.3) is 0 Å². The molecule has 7 heteroatoms. The largest absolute Gasteiger partial charge is 0.465 e. The fourth-order valence-electron chi connectivity index (χ4n) is 7.55. The van der Waals surface area contributed by atoms with Crippen molar-refractivity contribution in [2.24, 2.45) is 34.0 Å². The first-order valence-corrected chi connectivity index (χ1v) is 13.0. The number of carbonyl (C=O) groups is 3. The lowest BCUT2D eigenvalue weighted by molar-refractivity contribution is -0.164. The highest BCUT2D eigenvalue weighted by Crippen LogP contribution is 2.74. The minimum Gasteiger partial charge on any atom is -0.465 e. The lowest BCUT2D eigenvalue weighted by Gasteiger charge is -2.58. The molecular weight excluding hydrogens is 488 g/mol. The summed E-state index contributed by atoms with van der Waals surface area (Å²) in [5.74, 6) is 0.142. The first-order valence-electron chi connectivity index (χ1n) is 12.1. The van der Waals surface area contributed by atoms with Gasteiger partial charge in [-0.25, -0.2) is 0 Å². The van der Waals surface area contributed by atoms with Gasteiger partial charge in [0, 0.05) is 32.6 Å². The Morgan fingerprint density at radius 1 is 1.00 bits per heavy atom. The van der Waals surface area contributed by atoms with Crippen LogP contribution in [0.2, 0.25) is 0 Å². The first-order chi connectivity index (χ1) is 15.3. The molecule has 0 heterocycles. The van der Waals surface area contributed by atoms with Gasteiger partial charge in [0.15, 0.2) is 0 Å². The van der Waals surface area contributed by atoms with Crippen molar-refractivity contribution in [1.82, 2.24) is 0 Å². The second-order valence-corrected chi connectivity index (χ2v) is 12.7. The molecule has 0 bridgehead atoms. The monoisotopic (exact) mass is 524 g/mol. The maximum Gasteiger partial charge on any atom is 0.302 e. The molecule has 0 aliphatic heterocycles. The van der Waals surface area contributed by atoms with E-state index in [2.05, 4.69) is 42.8 Å². The molecule has 4 aliphatic carbocycles. The Bertz CT molecular complexity index is 884. The number of carbonyl (C=O) groups excluding carboxylic acids is 3. The minimum absolute atomic E-state index is 0.000637. The highest BCUT2D eigenvalue weighted by Gasteiger charge is 2.71. The number of allylic oxidation sites excluding steroid dienone is 1. The number of esters is 3. The van der Waals surface area contributed by atoms with E-state index >= 15 is 0 Å². The van der Waals surface area contributed by atoms with Crippen molar-refractivity contribution in [2.45, 2.75) is 90.7 Å². The van der Waals surface area contributed by atoms with Gasteiger partial charge in [-0.15, -0.1) is 0 Å². The number of halogens is 1. The van der Waals surface area contributed by atoms with Crippen molar-refractivity contribution < 1.29 is 28.6 Å². The highest BCUT2D eigenvalue weighted by atomic mass is 79.9. The Kier molecular flexibility index (Phi) is 6.29. The number of alkyl halides is 1. The van der Waals surface area contributed by atoms with E-state index in [4.69, 9.17) is 14.2 Å². The molecule has 0 aromatic carbocycles. The van der Waals surface area contributed by atoms with Crippen LogP contribution in [0.5, 0.6) is 0 Å². The van der Waals surface area contributed by atoms with Crippen LogP contribution in [0.1, 0.15) is 73.6 Å². The lowest BCUT2D eigenvalue weighted by Crippen LogP contribution is -2.55. The van der Waals surface area contributed by atoms with Gasteiger partial charge in [-0.1, -0.05) is 48.4 Å². The summed E-state index contributed by atoms with van der Waals surface area (Å²) in [6.07, 6.45) is 6.55. The van der Waals surface area contributed by atoms with Gasteiger partial charge in [-0.2, -0.15) is 0 Å². The number of hydrogen-bond acceptors (Lipinski definition) is 6. The zero-order valence-corrected chi connectivity index (χ0v) is 22.2. The fourth-order valence-corrected chi connectivity index (χ4v) is 8.06. The second-order valence-electron chi connectivity index (χ2n) is 11.6. The van der Waals surface area contributed by atoms with E-state index in [-0.39, 0.29) is 57.1 Å². The van der Waals surface area contributed by atoms with E-state index in [1.54, 1.807) is 0 Å². The van der Waals surface area contributed by atoms with Crippen molar-refractivity contribution in [3.63, 3.8) is 0 Å². The van der Waals surface area contributed by atoms with E-state index in [0.717, 1.165) is 32.1 Å². The molecule has 6 nitrogen and oxygen atoms in total. The summed E-state index contributed by atoms with van der Waals surface area (Å²) in [7, 11) is 0. The maximum atomic E-state index is 12.1. The average molecular weight is 525 g/mol. The third kappa shape index (κ3) is 4.28. The van der Waals surface area contributed by atoms with E-state index in [1.807, 2.05) is 0 Å². The molecule has 3 fully saturated rings. The fraction of sp³-hybridized carbons (Fsp3) is 0.808. The van der Waals surface area contributed by atoms with E-state index in [9.17, 15) is 14.4 Å². The van der Waals surface area contributed by atoms with Crippen LogP contribution >= 0.6 is 15.9 Å². The van der Waals surface area contributed by atoms with Gasteiger partial charge in [0.05, 0.1) is 4.83 Å². The molecule has 3 saturated carbocycles. The van der Waals surface area contributed by atoms with Crippen LogP contribution in [0.4, 0.5) is 0 Å². The predicted molar refractivity (Wildman–Crippen MR) is 126 cm³/mol. The summed E-state index contributed by atoms with van der Waals surface area (Å²) in [5.41, 5.74) is 1.23. The van der Waals surface area contributed by atoms with Gasteiger partial charge in [0.1, 0.15) is 18.8 Å². The molecule has 0 amide bonds. The van der Waals surface area contributed by atoms with Gasteiger partial charge >= 0.3 is 17.9 Å². The molecule has 4 aliphatic rings. The molecule has 0 saturated heterocycles. The van der Waals surface area contributed by atoms with Crippen molar-refractivity contribution >= 4 is 33.8 Å². The third-order valence-electron chi connectivity index (χ3n) is 9.26. The molecule has 184 valence electrons. The van der Waals surface area contributed by atoms with Crippen LogP contribution in [0.25, 0.3) is 0 Å². The molecule has 9 unspecified atom stereocenters. The number of fused-ring (bicyclic) bond motifs is 5. The zero-order valence-electron chi connectivity index (χ0n) is 20.6. The number of rotatable bonds is 5. The molecule has 9 atom stereocenters.